The van der Waals surface area contributed by atoms with Crippen molar-refractivity contribution >= 4 is 11.8 Å². The van der Waals surface area contributed by atoms with Gasteiger partial charge in [-0.15, -0.1) is 0 Å². The summed E-state index contributed by atoms with van der Waals surface area (Å²) in [5, 5.41) is 95.2. The van der Waals surface area contributed by atoms with Crippen LogP contribution in [0.15, 0.2) is 23.2 Å². The van der Waals surface area contributed by atoms with Crippen molar-refractivity contribution in [3.63, 3.8) is 0 Å². The fourth-order valence-corrected chi connectivity index (χ4v) is 14.9. The summed E-state index contributed by atoms with van der Waals surface area (Å²) >= 11 is 0. The van der Waals surface area contributed by atoms with Gasteiger partial charge in [0.1, 0.15) is 48.5 Å². The second-order valence-corrected chi connectivity index (χ2v) is 23.0. The van der Waals surface area contributed by atoms with Crippen molar-refractivity contribution in [1.82, 2.24) is 0 Å². The molecule has 21 atom stereocenters. The summed E-state index contributed by atoms with van der Waals surface area (Å²) in [5.74, 6) is -1.70. The third-order valence-corrected chi connectivity index (χ3v) is 19.0. The lowest BCUT2D eigenvalue weighted by atomic mass is 9.33. The van der Waals surface area contributed by atoms with Crippen molar-refractivity contribution in [2.24, 2.45) is 50.2 Å². The third kappa shape index (κ3) is 7.65. The number of ether oxygens (including phenoxy) is 6. The molecule has 0 amide bonds. The van der Waals surface area contributed by atoms with Crippen LogP contribution in [-0.4, -0.2) is 151 Å². The Balaban J connectivity index is 1.06. The molecule has 6 fully saturated rings. The van der Waals surface area contributed by atoms with Gasteiger partial charge in [0, 0.05) is 10.8 Å². The van der Waals surface area contributed by atoms with Gasteiger partial charge < -0.3 is 74.4 Å². The molecular weight excluding hydrogens is 849 g/mol. The summed E-state index contributed by atoms with van der Waals surface area (Å²) in [7, 11) is 0. The van der Waals surface area contributed by atoms with Crippen LogP contribution in [0.4, 0.5) is 0 Å². The quantitative estimate of drug-likeness (QED) is 0.119. The Morgan fingerprint density at radius 1 is 0.769 bits per heavy atom. The first kappa shape index (κ1) is 49.2. The minimum atomic E-state index is -1.99. The monoisotopic (exact) mass is 922 g/mol. The van der Waals surface area contributed by atoms with Gasteiger partial charge >= 0.3 is 5.97 Å². The molecule has 3 aliphatic heterocycles. The molecule has 0 radical (unpaired) electrons. The molecule has 2 saturated heterocycles. The maximum Gasteiger partial charge on any atom is 0.335 e. The Bertz CT molecular complexity index is 1900. The Kier molecular flexibility index (Phi) is 12.9. The van der Waals surface area contributed by atoms with E-state index in [-0.39, 0.29) is 81.3 Å². The Morgan fingerprint density at radius 3 is 2.12 bits per heavy atom. The number of allylic oxidation sites excluding steroid dienone is 4. The predicted octanol–water partition coefficient (Wildman–Crippen LogP) is 2.98. The molecule has 9 N–H and O–H groups in total. The van der Waals surface area contributed by atoms with E-state index in [0.717, 1.165) is 44.9 Å². The van der Waals surface area contributed by atoms with Crippen molar-refractivity contribution in [2.45, 2.75) is 200 Å². The molecule has 4 saturated carbocycles. The SMILES string of the molecule is CC1=C(O)C(=O)C[C@@H](O[C@@H]2CC(C)(C)C[C@H]3C4=CCC5[C@@]6(C)CC[C@H](O[C@@H]7O[C@H](C(=O)O)[C@@H](O)[C@H](O)[C@H]7O[C@@H]7O[C@H](CO)[C@H](O)[C@H](O)[C@H]7O)[C@](C)(CO)C6CC[C@@]5(C)[C@]4(C)CC[C@@]23C)O1. The molecule has 8 aliphatic rings. The van der Waals surface area contributed by atoms with Gasteiger partial charge in [-0.3, -0.25) is 4.79 Å². The highest BCUT2D eigenvalue weighted by molar-refractivity contribution is 5.94. The highest BCUT2D eigenvalue weighted by atomic mass is 16.8. The van der Waals surface area contributed by atoms with Gasteiger partial charge in [0.05, 0.1) is 31.8 Å². The van der Waals surface area contributed by atoms with E-state index in [1.165, 1.54) is 5.57 Å². The van der Waals surface area contributed by atoms with E-state index in [0.29, 0.717) is 12.8 Å². The first-order valence-corrected chi connectivity index (χ1v) is 23.7. The van der Waals surface area contributed by atoms with Crippen molar-refractivity contribution in [3.8, 4) is 0 Å². The molecule has 0 bridgehead atoms. The fourth-order valence-electron chi connectivity index (χ4n) is 14.9. The van der Waals surface area contributed by atoms with Gasteiger partial charge in [-0.05, 0) is 104 Å². The van der Waals surface area contributed by atoms with Crippen LogP contribution < -0.4 is 0 Å². The number of rotatable bonds is 9. The molecule has 8 rings (SSSR count). The number of carbonyl (C=O) groups is 2. The number of hydrogen-bond donors (Lipinski definition) is 9. The number of aliphatic carboxylic acids is 1. The average Bonchev–Trinajstić information content (AvgIpc) is 3.24. The summed E-state index contributed by atoms with van der Waals surface area (Å²) < 4.78 is 36.7. The molecule has 17 nitrogen and oxygen atoms in total. The van der Waals surface area contributed by atoms with E-state index >= 15 is 0 Å². The van der Waals surface area contributed by atoms with E-state index in [4.69, 9.17) is 28.4 Å². The third-order valence-electron chi connectivity index (χ3n) is 19.0. The smallest absolute Gasteiger partial charge is 0.335 e. The van der Waals surface area contributed by atoms with Crippen LogP contribution >= 0.6 is 0 Å². The molecule has 3 heterocycles. The number of fused-ring (bicyclic) bond motifs is 7. The zero-order chi connectivity index (χ0) is 47.6. The van der Waals surface area contributed by atoms with E-state index < -0.39 is 91.8 Å². The second-order valence-electron chi connectivity index (χ2n) is 23.0. The van der Waals surface area contributed by atoms with E-state index in [2.05, 4.69) is 47.6 Å². The summed E-state index contributed by atoms with van der Waals surface area (Å²) in [5.41, 5.74) is -0.212. The number of aliphatic hydroxyl groups is 8. The number of carbonyl (C=O) groups excluding carboxylic acids is 1. The minimum absolute atomic E-state index is 0.0302. The maximum atomic E-state index is 12.6. The number of hydrogen-bond acceptors (Lipinski definition) is 16. The van der Waals surface area contributed by atoms with Crippen LogP contribution in [0.2, 0.25) is 0 Å². The lowest BCUT2D eigenvalue weighted by Gasteiger charge is -2.72. The summed E-state index contributed by atoms with van der Waals surface area (Å²) in [4.78, 5) is 24.9. The van der Waals surface area contributed by atoms with Crippen LogP contribution in [-0.2, 0) is 38.0 Å². The van der Waals surface area contributed by atoms with Crippen molar-refractivity contribution in [1.29, 1.82) is 0 Å². The molecule has 2 unspecified atom stereocenters. The summed E-state index contributed by atoms with van der Waals surface area (Å²) in [6.45, 7) is 16.7. The van der Waals surface area contributed by atoms with Gasteiger partial charge in [-0.25, -0.2) is 4.79 Å². The molecule has 0 aromatic heterocycles. The normalized spacial score (nSPS) is 52.0. The second kappa shape index (κ2) is 17.0. The molecule has 17 heteroatoms. The van der Waals surface area contributed by atoms with E-state index in [1.54, 1.807) is 6.92 Å². The number of Topliss-reactive ketones (excluding diaryl/α,β-unsaturated/α-hetero) is 1. The number of carboxylic acids is 1. The number of carboxylic acid groups (broad SMARTS) is 1. The molecular formula is C48H74O17. The maximum absolute atomic E-state index is 12.6. The highest BCUT2D eigenvalue weighted by Gasteiger charge is 2.70. The minimum Gasteiger partial charge on any atom is -0.502 e. The highest BCUT2D eigenvalue weighted by Crippen LogP contribution is 2.76. The van der Waals surface area contributed by atoms with Crippen LogP contribution in [0.3, 0.4) is 0 Å². The molecule has 0 aromatic rings. The number of aliphatic hydroxyl groups excluding tert-OH is 8. The van der Waals surface area contributed by atoms with Gasteiger partial charge in [0.25, 0.3) is 0 Å². The topological polar surface area (TPSA) is 272 Å². The van der Waals surface area contributed by atoms with Gasteiger partial charge in [0.15, 0.2) is 24.4 Å². The van der Waals surface area contributed by atoms with E-state index in [9.17, 15) is 55.5 Å². The van der Waals surface area contributed by atoms with E-state index in [1.807, 2.05) is 6.92 Å². The van der Waals surface area contributed by atoms with Crippen LogP contribution in [0.5, 0.6) is 0 Å². The lowest BCUT2D eigenvalue weighted by molar-refractivity contribution is -0.375. The molecule has 5 aliphatic carbocycles. The van der Waals surface area contributed by atoms with Crippen LogP contribution in [0, 0.1) is 50.2 Å². The Hall–Kier alpha value is -2.26. The van der Waals surface area contributed by atoms with Crippen LogP contribution in [0.25, 0.3) is 0 Å². The molecule has 368 valence electrons. The Morgan fingerprint density at radius 2 is 1.48 bits per heavy atom. The summed E-state index contributed by atoms with van der Waals surface area (Å²) in [6, 6.07) is 0. The van der Waals surface area contributed by atoms with Crippen molar-refractivity contribution in [2.75, 3.05) is 13.2 Å². The predicted molar refractivity (Wildman–Crippen MR) is 228 cm³/mol. The standard InChI is InChI=1S/C48H74O17/c1-22-32(52)25(51)17-31(60-22)62-30-19-43(2,3)18-24-23-9-10-28-45(5)13-12-29(46(6,21-50)27(45)11-14-48(28,8)47(23,7)16-15-44(24,30)4)63-42-39(36(56)35(55)38(64-42)40(58)59)65-41-37(57)34(54)33(53)26(20-49)61-41/h9,24,26-31,33-39,41-42,49-50,52-57H,10-21H2,1-8H3,(H,58,59)/t24-,26+,27?,28?,29-,30+,31+,33-,34-,35-,36-,37+,38-,39+,41-,42+,44+,45-,46+,47+,48+/m0/s1. The molecule has 65 heavy (non-hydrogen) atoms. The van der Waals surface area contributed by atoms with Crippen LogP contribution in [0.1, 0.15) is 120 Å². The Labute approximate surface area is 381 Å². The summed E-state index contributed by atoms with van der Waals surface area (Å²) in [6.07, 6.45) is -9.54. The zero-order valence-corrected chi connectivity index (χ0v) is 39.1. The average molecular weight is 923 g/mol. The lowest BCUT2D eigenvalue weighted by Crippen LogP contribution is -2.68. The zero-order valence-electron chi connectivity index (χ0n) is 39.1. The number of ketones is 1. The van der Waals surface area contributed by atoms with Gasteiger partial charge in [-0.1, -0.05) is 60.1 Å². The largest absolute Gasteiger partial charge is 0.502 e. The van der Waals surface area contributed by atoms with Crippen molar-refractivity contribution < 1.29 is 84.0 Å². The van der Waals surface area contributed by atoms with Crippen molar-refractivity contribution in [3.05, 3.63) is 23.2 Å². The molecule has 0 aromatic carbocycles. The van der Waals surface area contributed by atoms with Gasteiger partial charge in [-0.2, -0.15) is 0 Å². The molecule has 0 spiro atoms. The fraction of sp³-hybridized carbons (Fsp3) is 0.875. The van der Waals surface area contributed by atoms with Gasteiger partial charge in [0.2, 0.25) is 12.1 Å². The first-order chi connectivity index (χ1) is 30.3. The first-order valence-electron chi connectivity index (χ1n) is 23.7.